The van der Waals surface area contributed by atoms with Crippen molar-refractivity contribution in [2.24, 2.45) is 23.7 Å². The molecule has 0 aromatic heterocycles. The smallest absolute Gasteiger partial charge is 0.311 e. The van der Waals surface area contributed by atoms with Crippen LogP contribution in [0.3, 0.4) is 0 Å². The van der Waals surface area contributed by atoms with Crippen LogP contribution in [0.25, 0.3) is 0 Å². The number of Topliss-reactive ketones (excluding diaryl/α,β-unsaturated/α-hetero) is 1. The Labute approximate surface area is 308 Å². The number of methoxy groups -OCH3 is 1. The van der Waals surface area contributed by atoms with Gasteiger partial charge in [-0.05, 0) is 60.8 Å². The van der Waals surface area contributed by atoms with Gasteiger partial charge >= 0.3 is 5.97 Å². The molecule has 0 saturated carbocycles. The topological polar surface area (TPSA) is 211 Å². The van der Waals surface area contributed by atoms with Crippen molar-refractivity contribution >= 4 is 18.2 Å². The predicted octanol–water partition coefficient (Wildman–Crippen LogP) is 1.31. The number of hydrogen-bond acceptors (Lipinski definition) is 14. The molecule has 0 aromatic rings. The maximum absolute atomic E-state index is 14.1. The monoisotopic (exact) mass is 747 g/mol. The van der Waals surface area contributed by atoms with Crippen LogP contribution in [0.5, 0.6) is 0 Å². The lowest BCUT2D eigenvalue weighted by Crippen LogP contribution is -2.61. The molecule has 5 N–H and O–H groups in total. The second-order valence-corrected chi connectivity index (χ2v) is 16.3. The minimum Gasteiger partial charge on any atom is -0.459 e. The van der Waals surface area contributed by atoms with Crippen molar-refractivity contribution in [3.8, 4) is 0 Å². The van der Waals surface area contributed by atoms with Crippen molar-refractivity contribution in [3.05, 3.63) is 0 Å². The molecular formula is C37H65NO14. The zero-order valence-corrected chi connectivity index (χ0v) is 32.9. The summed E-state index contributed by atoms with van der Waals surface area (Å²) in [4.78, 5) is 40.9. The molecule has 3 rings (SSSR count). The molecule has 0 spiro atoms. The molecule has 1 amide bonds. The van der Waals surface area contributed by atoms with Crippen LogP contribution < -0.4 is 0 Å². The summed E-state index contributed by atoms with van der Waals surface area (Å²) >= 11 is 0. The van der Waals surface area contributed by atoms with E-state index in [1.54, 1.807) is 48.5 Å². The minimum atomic E-state index is -2.02. The maximum Gasteiger partial charge on any atom is 0.311 e. The zero-order chi connectivity index (χ0) is 39.7. The first-order chi connectivity index (χ1) is 24.0. The summed E-state index contributed by atoms with van der Waals surface area (Å²) in [7, 11) is 3.00. The third-order valence-electron chi connectivity index (χ3n) is 11.8. The SMILES string of the molecule is CCC1OC(=O)[C@H](C)C(O[C@H]2C[C@@](C)(OC)[C@@H](O)[C@H](C)O2)[C@H](C)[C@@H](O[C@@H]2O[C@H](C)C[C@H](N(C)C=O)[C@H]2O)[C@](C)(O)C[C@@H](C)C(=O)[C@H](C)[C@@H](O)[C@]1(C)O. The van der Waals surface area contributed by atoms with Gasteiger partial charge in [-0.25, -0.2) is 0 Å². The highest BCUT2D eigenvalue weighted by Gasteiger charge is 2.53. The molecule has 0 radical (unpaired) electrons. The Bertz CT molecular complexity index is 1220. The number of aliphatic hydroxyl groups excluding tert-OH is 3. The summed E-state index contributed by atoms with van der Waals surface area (Å²) in [6, 6.07) is -0.678. The maximum atomic E-state index is 14.1. The molecular weight excluding hydrogens is 682 g/mol. The first-order valence-corrected chi connectivity index (χ1v) is 18.5. The third kappa shape index (κ3) is 9.35. The van der Waals surface area contributed by atoms with Crippen LogP contribution in [-0.2, 0) is 42.8 Å². The zero-order valence-electron chi connectivity index (χ0n) is 32.9. The molecule has 15 heteroatoms. The van der Waals surface area contributed by atoms with Crippen LogP contribution in [-0.4, -0.2) is 147 Å². The average Bonchev–Trinajstić information content (AvgIpc) is 3.08. The summed E-state index contributed by atoms with van der Waals surface area (Å²) in [5.74, 6) is -5.25. The number of carbonyl (C=O) groups excluding carboxylic acids is 3. The molecule has 3 heterocycles. The van der Waals surface area contributed by atoms with Crippen LogP contribution in [0, 0.1) is 23.7 Å². The molecule has 18 atom stereocenters. The molecule has 15 nitrogen and oxygen atoms in total. The van der Waals surface area contributed by atoms with E-state index in [4.69, 9.17) is 28.4 Å². The average molecular weight is 748 g/mol. The molecule has 3 saturated heterocycles. The van der Waals surface area contributed by atoms with Gasteiger partial charge in [0.25, 0.3) is 0 Å². The fraction of sp³-hybridized carbons (Fsp3) is 0.919. The summed E-state index contributed by atoms with van der Waals surface area (Å²) in [5.41, 5.74) is -4.96. The number of cyclic esters (lactones) is 1. The Morgan fingerprint density at radius 3 is 2.10 bits per heavy atom. The summed E-state index contributed by atoms with van der Waals surface area (Å²) < 4.78 is 36.8. The second-order valence-electron chi connectivity index (χ2n) is 16.3. The van der Waals surface area contributed by atoms with Gasteiger partial charge in [-0.2, -0.15) is 0 Å². The summed E-state index contributed by atoms with van der Waals surface area (Å²) in [5, 5.41) is 57.6. The number of rotatable bonds is 8. The lowest BCUT2D eigenvalue weighted by atomic mass is 9.74. The van der Waals surface area contributed by atoms with Crippen LogP contribution >= 0.6 is 0 Å². The number of ketones is 1. The van der Waals surface area contributed by atoms with Gasteiger partial charge < -0.3 is 58.9 Å². The van der Waals surface area contributed by atoms with E-state index in [1.807, 2.05) is 0 Å². The van der Waals surface area contributed by atoms with E-state index in [-0.39, 0.29) is 19.3 Å². The lowest BCUT2D eigenvalue weighted by molar-refractivity contribution is -0.317. The van der Waals surface area contributed by atoms with Gasteiger partial charge in [0.15, 0.2) is 12.6 Å². The predicted molar refractivity (Wildman–Crippen MR) is 186 cm³/mol. The lowest BCUT2D eigenvalue weighted by Gasteiger charge is -2.49. The Balaban J connectivity index is 2.19. The largest absolute Gasteiger partial charge is 0.459 e. The fourth-order valence-electron chi connectivity index (χ4n) is 8.38. The first kappa shape index (κ1) is 44.6. The molecule has 0 bridgehead atoms. The third-order valence-corrected chi connectivity index (χ3v) is 11.8. The minimum absolute atomic E-state index is 0.0610. The number of likely N-dealkylation sites (N-methyl/N-ethyl adjacent to an activating group) is 1. The Kier molecular flexibility index (Phi) is 14.9. The van der Waals surface area contributed by atoms with Crippen LogP contribution in [0.15, 0.2) is 0 Å². The van der Waals surface area contributed by atoms with Crippen LogP contribution in [0.1, 0.15) is 94.9 Å². The Hall–Kier alpha value is -1.79. The van der Waals surface area contributed by atoms with Gasteiger partial charge in [0, 0.05) is 38.3 Å². The van der Waals surface area contributed by atoms with Crippen LogP contribution in [0.4, 0.5) is 0 Å². The Morgan fingerprint density at radius 2 is 1.54 bits per heavy atom. The molecule has 3 aliphatic heterocycles. The van der Waals surface area contributed by atoms with E-state index in [0.717, 1.165) is 0 Å². The van der Waals surface area contributed by atoms with Crippen molar-refractivity contribution in [1.29, 1.82) is 0 Å². The number of hydrogen-bond donors (Lipinski definition) is 5. The number of amides is 1. The number of nitrogens with zero attached hydrogens (tertiary/aromatic N) is 1. The molecule has 3 fully saturated rings. The van der Waals surface area contributed by atoms with Crippen molar-refractivity contribution in [1.82, 2.24) is 4.90 Å². The number of aliphatic hydroxyl groups is 5. The molecule has 0 aliphatic carbocycles. The number of esters is 1. The van der Waals surface area contributed by atoms with E-state index in [0.29, 0.717) is 12.8 Å². The normalized spacial score (nSPS) is 48.8. The highest BCUT2D eigenvalue weighted by Crippen LogP contribution is 2.40. The summed E-state index contributed by atoms with van der Waals surface area (Å²) in [6.07, 6.45) is -10.3. The van der Waals surface area contributed by atoms with Crippen molar-refractivity contribution in [3.63, 3.8) is 0 Å². The molecule has 2 unspecified atom stereocenters. The van der Waals surface area contributed by atoms with E-state index < -0.39 is 120 Å². The Morgan fingerprint density at radius 1 is 0.923 bits per heavy atom. The van der Waals surface area contributed by atoms with Gasteiger partial charge in [0.2, 0.25) is 6.41 Å². The molecule has 302 valence electrons. The highest BCUT2D eigenvalue weighted by atomic mass is 16.7. The number of carbonyl (C=O) groups is 3. The molecule has 52 heavy (non-hydrogen) atoms. The van der Waals surface area contributed by atoms with E-state index in [9.17, 15) is 39.9 Å². The van der Waals surface area contributed by atoms with Crippen molar-refractivity contribution in [2.45, 2.75) is 179 Å². The van der Waals surface area contributed by atoms with Crippen LogP contribution in [0.2, 0.25) is 0 Å². The van der Waals surface area contributed by atoms with Gasteiger partial charge in [-0.3, -0.25) is 14.4 Å². The van der Waals surface area contributed by atoms with Gasteiger partial charge in [-0.15, -0.1) is 0 Å². The van der Waals surface area contributed by atoms with Crippen molar-refractivity contribution in [2.75, 3.05) is 14.2 Å². The van der Waals surface area contributed by atoms with Gasteiger partial charge in [-0.1, -0.05) is 27.7 Å². The molecule has 0 aromatic carbocycles. The first-order valence-electron chi connectivity index (χ1n) is 18.5. The van der Waals surface area contributed by atoms with E-state index >= 15 is 0 Å². The summed E-state index contributed by atoms with van der Waals surface area (Å²) in [6.45, 7) is 16.0. The number of ether oxygens (including phenoxy) is 6. The van der Waals surface area contributed by atoms with Gasteiger partial charge in [0.1, 0.15) is 29.7 Å². The highest BCUT2D eigenvalue weighted by molar-refractivity contribution is 5.83. The van der Waals surface area contributed by atoms with Gasteiger partial charge in [0.05, 0.1) is 53.7 Å². The van der Waals surface area contributed by atoms with Crippen molar-refractivity contribution < 1.29 is 68.3 Å². The fourth-order valence-corrected chi connectivity index (χ4v) is 8.38. The standard InChI is InChI=1S/C37H65NO14/c1-13-25-37(10,46)30(42)20(4)27(40)18(2)15-35(8,45)32(52-34-28(41)24(38(11)17-39)14-19(3)48-34)21(5)29(22(6)33(44)50-25)51-26-16-36(9,47-12)31(43)23(7)49-26/h17-26,28-32,34,41-43,45-46H,13-16H2,1-12H3/t18-,19-,20+,21+,22-,23+,24+,25?,26+,28-,29?,30-,31+,32-,34+,35-,36-,37-/m1/s1. The molecule has 3 aliphatic rings. The second kappa shape index (κ2) is 17.3. The van der Waals surface area contributed by atoms with E-state index in [1.165, 1.54) is 39.8 Å². The quantitative estimate of drug-likeness (QED) is 0.175. The van der Waals surface area contributed by atoms with E-state index in [2.05, 4.69) is 0 Å².